The number of aliphatic hydroxyl groups excluding tert-OH is 1. The Hall–Kier alpha value is -0.390. The summed E-state index contributed by atoms with van der Waals surface area (Å²) in [5.41, 5.74) is 0. The van der Waals surface area contributed by atoms with Gasteiger partial charge in [0.25, 0.3) is 0 Å². The third-order valence-corrected chi connectivity index (χ3v) is 2.12. The molecule has 0 bridgehead atoms. The van der Waals surface area contributed by atoms with Crippen LogP contribution in [-0.4, -0.2) is 41.5 Å². The average molecular weight is 191 g/mol. The van der Waals surface area contributed by atoms with Crippen molar-refractivity contribution in [3.63, 3.8) is 0 Å². The maximum atomic E-state index is 10.6. The second-order valence-electron chi connectivity index (χ2n) is 2.11. The standard InChI is InChI=1S/C5H7NO2S.C2H6O/c7-1-5(8)4-2-9-3-6-4;1-2-3/h1,4,6H,2-3H2;3H,2H2,1H3. The first-order valence-electron chi connectivity index (χ1n) is 3.67. The zero-order valence-electron chi connectivity index (χ0n) is 6.95. The van der Waals surface area contributed by atoms with Gasteiger partial charge in [0.2, 0.25) is 5.78 Å². The minimum atomic E-state index is -0.333. The van der Waals surface area contributed by atoms with Gasteiger partial charge in [-0.3, -0.25) is 14.9 Å². The van der Waals surface area contributed by atoms with Crippen LogP contribution in [0.1, 0.15) is 6.92 Å². The number of nitrogens with one attached hydrogen (secondary N) is 1. The molecule has 0 aromatic rings. The minimum absolute atomic E-state index is 0.215. The fraction of sp³-hybridized carbons (Fsp3) is 0.714. The molecule has 12 heavy (non-hydrogen) atoms. The van der Waals surface area contributed by atoms with Crippen molar-refractivity contribution in [3.8, 4) is 0 Å². The molecule has 0 radical (unpaired) electrons. The summed E-state index contributed by atoms with van der Waals surface area (Å²) in [6.45, 7) is 1.93. The van der Waals surface area contributed by atoms with E-state index in [1.807, 2.05) is 0 Å². The van der Waals surface area contributed by atoms with Gasteiger partial charge in [-0.15, -0.1) is 11.8 Å². The summed E-state index contributed by atoms with van der Waals surface area (Å²) in [4.78, 5) is 20.5. The predicted octanol–water partition coefficient (Wildman–Crippen LogP) is -0.585. The number of rotatable bonds is 2. The number of ketones is 1. The number of hydrogen-bond acceptors (Lipinski definition) is 5. The topological polar surface area (TPSA) is 66.4 Å². The second-order valence-corrected chi connectivity index (χ2v) is 3.14. The maximum absolute atomic E-state index is 10.6. The second kappa shape index (κ2) is 7.27. The van der Waals surface area contributed by atoms with E-state index < -0.39 is 0 Å². The minimum Gasteiger partial charge on any atom is -0.397 e. The molecule has 1 atom stereocenters. The molecule has 0 aromatic heterocycles. The molecule has 0 aliphatic carbocycles. The molecular formula is C7H13NO3S. The highest BCUT2D eigenvalue weighted by Crippen LogP contribution is 2.08. The van der Waals surface area contributed by atoms with Crippen LogP contribution in [0.25, 0.3) is 0 Å². The van der Waals surface area contributed by atoms with Gasteiger partial charge in [-0.2, -0.15) is 0 Å². The van der Waals surface area contributed by atoms with E-state index in [0.717, 1.165) is 11.6 Å². The van der Waals surface area contributed by atoms with Crippen LogP contribution in [0.3, 0.4) is 0 Å². The van der Waals surface area contributed by atoms with Crippen LogP contribution in [0.5, 0.6) is 0 Å². The summed E-state index contributed by atoms with van der Waals surface area (Å²) in [5.74, 6) is 1.18. The Bertz CT molecular complexity index is 146. The van der Waals surface area contributed by atoms with Crippen LogP contribution in [0, 0.1) is 0 Å². The molecule has 2 N–H and O–H groups in total. The summed E-state index contributed by atoms with van der Waals surface area (Å²) in [6, 6.07) is -0.215. The number of carbonyl (C=O) groups excluding carboxylic acids is 2. The molecule has 1 saturated heterocycles. The monoisotopic (exact) mass is 191 g/mol. The van der Waals surface area contributed by atoms with Crippen molar-refractivity contribution in [2.24, 2.45) is 0 Å². The Kier molecular flexibility index (Phi) is 7.03. The SMILES string of the molecule is CCO.O=CC(=O)C1CSCN1. The van der Waals surface area contributed by atoms with Crippen LogP contribution in [-0.2, 0) is 9.59 Å². The number of thioether (sulfide) groups is 1. The van der Waals surface area contributed by atoms with Crippen LogP contribution in [0.15, 0.2) is 0 Å². The van der Waals surface area contributed by atoms with E-state index in [-0.39, 0.29) is 18.4 Å². The number of carbonyl (C=O) groups is 2. The summed E-state index contributed by atoms with van der Waals surface area (Å²) in [5, 5.41) is 10.5. The Balaban J connectivity index is 0.000000354. The van der Waals surface area contributed by atoms with Crippen LogP contribution in [0.2, 0.25) is 0 Å². The van der Waals surface area contributed by atoms with E-state index in [9.17, 15) is 9.59 Å². The molecule has 0 aromatic carbocycles. The molecule has 4 nitrogen and oxygen atoms in total. The van der Waals surface area contributed by atoms with Gasteiger partial charge in [0.1, 0.15) is 0 Å². The van der Waals surface area contributed by atoms with Gasteiger partial charge in [0.15, 0.2) is 6.29 Å². The van der Waals surface area contributed by atoms with Crippen molar-refractivity contribution in [2.75, 3.05) is 18.2 Å². The van der Waals surface area contributed by atoms with Gasteiger partial charge in [0.05, 0.1) is 6.04 Å². The number of Topliss-reactive ketones (excluding diaryl/α,β-unsaturated/α-hetero) is 1. The van der Waals surface area contributed by atoms with Crippen molar-refractivity contribution < 1.29 is 14.7 Å². The molecule has 5 heteroatoms. The maximum Gasteiger partial charge on any atom is 0.212 e. The number of aliphatic hydroxyl groups is 1. The van der Waals surface area contributed by atoms with Crippen molar-refractivity contribution in [1.29, 1.82) is 0 Å². The lowest BCUT2D eigenvalue weighted by Gasteiger charge is -1.99. The van der Waals surface area contributed by atoms with Crippen LogP contribution in [0.4, 0.5) is 0 Å². The Morgan fingerprint density at radius 2 is 2.42 bits per heavy atom. The van der Waals surface area contributed by atoms with Gasteiger partial charge >= 0.3 is 0 Å². The quantitative estimate of drug-likeness (QED) is 0.451. The van der Waals surface area contributed by atoms with Gasteiger partial charge in [-0.1, -0.05) is 0 Å². The molecule has 1 rings (SSSR count). The van der Waals surface area contributed by atoms with Crippen LogP contribution >= 0.6 is 11.8 Å². The highest BCUT2D eigenvalue weighted by Gasteiger charge is 2.20. The van der Waals surface area contributed by atoms with E-state index in [2.05, 4.69) is 5.32 Å². The number of aldehydes is 1. The van der Waals surface area contributed by atoms with Crippen LogP contribution < -0.4 is 5.32 Å². The number of hydrogen-bond donors (Lipinski definition) is 2. The molecule has 1 heterocycles. The molecule has 0 saturated carbocycles. The average Bonchev–Trinajstić information content (AvgIpc) is 2.56. The molecule has 70 valence electrons. The smallest absolute Gasteiger partial charge is 0.212 e. The van der Waals surface area contributed by atoms with Crippen molar-refractivity contribution in [2.45, 2.75) is 13.0 Å². The molecular weight excluding hydrogens is 178 g/mol. The fourth-order valence-corrected chi connectivity index (χ4v) is 1.61. The molecule has 1 unspecified atom stereocenters. The van der Waals surface area contributed by atoms with Crippen molar-refractivity contribution >= 4 is 23.8 Å². The highest BCUT2D eigenvalue weighted by atomic mass is 32.2. The first-order valence-corrected chi connectivity index (χ1v) is 4.82. The van der Waals surface area contributed by atoms with Crippen molar-refractivity contribution in [1.82, 2.24) is 5.32 Å². The molecule has 1 aliphatic rings. The Morgan fingerprint density at radius 3 is 2.75 bits per heavy atom. The lowest BCUT2D eigenvalue weighted by atomic mass is 10.2. The molecule has 1 fully saturated rings. The summed E-state index contributed by atoms with van der Waals surface area (Å²) in [7, 11) is 0. The first-order chi connectivity index (χ1) is 5.76. The lowest BCUT2D eigenvalue weighted by Crippen LogP contribution is -2.33. The fourth-order valence-electron chi connectivity index (χ4n) is 0.660. The van der Waals surface area contributed by atoms with E-state index >= 15 is 0 Å². The lowest BCUT2D eigenvalue weighted by molar-refractivity contribution is -0.130. The van der Waals surface area contributed by atoms with Crippen molar-refractivity contribution in [3.05, 3.63) is 0 Å². The van der Waals surface area contributed by atoms with E-state index in [4.69, 9.17) is 5.11 Å². The molecule has 0 spiro atoms. The van der Waals surface area contributed by atoms with Gasteiger partial charge < -0.3 is 5.11 Å². The highest BCUT2D eigenvalue weighted by molar-refractivity contribution is 7.99. The summed E-state index contributed by atoms with van der Waals surface area (Å²) < 4.78 is 0. The Labute approximate surface area is 75.7 Å². The molecule has 1 aliphatic heterocycles. The first kappa shape index (κ1) is 11.6. The van der Waals surface area contributed by atoms with E-state index in [1.54, 1.807) is 18.7 Å². The zero-order chi connectivity index (χ0) is 9.40. The van der Waals surface area contributed by atoms with E-state index in [1.165, 1.54) is 0 Å². The Morgan fingerprint density at radius 1 is 1.83 bits per heavy atom. The zero-order valence-corrected chi connectivity index (χ0v) is 7.76. The third kappa shape index (κ3) is 4.48. The third-order valence-electron chi connectivity index (χ3n) is 1.18. The van der Waals surface area contributed by atoms with E-state index in [0.29, 0.717) is 6.29 Å². The largest absolute Gasteiger partial charge is 0.397 e. The molecule has 0 amide bonds. The van der Waals surface area contributed by atoms with Gasteiger partial charge in [-0.25, -0.2) is 0 Å². The summed E-state index contributed by atoms with van der Waals surface area (Å²) in [6.07, 6.45) is 0.379. The predicted molar refractivity (Wildman–Crippen MR) is 48.1 cm³/mol. The normalized spacial score (nSPS) is 21.0. The summed E-state index contributed by atoms with van der Waals surface area (Å²) >= 11 is 1.64. The van der Waals surface area contributed by atoms with Gasteiger partial charge in [-0.05, 0) is 6.92 Å². The van der Waals surface area contributed by atoms with Gasteiger partial charge in [0, 0.05) is 18.2 Å².